The average Bonchev–Trinajstić information content (AvgIpc) is 2.37. The summed E-state index contributed by atoms with van der Waals surface area (Å²) in [5.74, 6) is -0.0608. The van der Waals surface area contributed by atoms with E-state index in [-0.39, 0.29) is 19.1 Å². The number of carbonyl (C=O) groups excluding carboxylic acids is 1. The summed E-state index contributed by atoms with van der Waals surface area (Å²) in [7, 11) is 1.71. The molecule has 1 amide bonds. The number of amides is 1. The first-order chi connectivity index (χ1) is 8.24. The van der Waals surface area contributed by atoms with Crippen molar-refractivity contribution in [2.24, 2.45) is 0 Å². The van der Waals surface area contributed by atoms with Crippen LogP contribution >= 0.6 is 0 Å². The standard InChI is InChI=1S/C13H19NO3/c1-14(8-5-9-15)13(16)11-17-10-12-6-3-2-4-7-12/h2-4,6-7,15H,5,8-11H2,1H3. The molecule has 0 saturated heterocycles. The molecular weight excluding hydrogens is 218 g/mol. The van der Waals surface area contributed by atoms with Gasteiger partial charge in [0.25, 0.3) is 0 Å². The van der Waals surface area contributed by atoms with Crippen LogP contribution in [-0.4, -0.2) is 42.7 Å². The van der Waals surface area contributed by atoms with E-state index >= 15 is 0 Å². The molecule has 0 aromatic heterocycles. The van der Waals surface area contributed by atoms with Crippen LogP contribution in [0.5, 0.6) is 0 Å². The Kier molecular flexibility index (Phi) is 6.29. The lowest BCUT2D eigenvalue weighted by molar-refractivity contribution is -0.135. The number of ether oxygens (including phenoxy) is 1. The molecule has 0 heterocycles. The summed E-state index contributed by atoms with van der Waals surface area (Å²) < 4.78 is 5.33. The van der Waals surface area contributed by atoms with Gasteiger partial charge in [-0.15, -0.1) is 0 Å². The molecule has 0 saturated carbocycles. The molecule has 0 aliphatic rings. The van der Waals surface area contributed by atoms with E-state index in [1.807, 2.05) is 30.3 Å². The lowest BCUT2D eigenvalue weighted by Crippen LogP contribution is -2.31. The monoisotopic (exact) mass is 237 g/mol. The van der Waals surface area contributed by atoms with E-state index in [9.17, 15) is 4.79 Å². The molecule has 1 aromatic carbocycles. The van der Waals surface area contributed by atoms with Crippen molar-refractivity contribution in [2.45, 2.75) is 13.0 Å². The first kappa shape index (κ1) is 13.7. The molecule has 17 heavy (non-hydrogen) atoms. The van der Waals surface area contributed by atoms with Crippen molar-refractivity contribution in [3.05, 3.63) is 35.9 Å². The van der Waals surface area contributed by atoms with Crippen molar-refractivity contribution in [2.75, 3.05) is 26.8 Å². The van der Waals surface area contributed by atoms with E-state index in [2.05, 4.69) is 0 Å². The normalized spacial score (nSPS) is 10.2. The minimum Gasteiger partial charge on any atom is -0.396 e. The van der Waals surface area contributed by atoms with Gasteiger partial charge in [-0.1, -0.05) is 30.3 Å². The molecule has 0 atom stereocenters. The van der Waals surface area contributed by atoms with Crippen LogP contribution in [0, 0.1) is 0 Å². The Morgan fingerprint density at radius 2 is 2.06 bits per heavy atom. The van der Waals surface area contributed by atoms with Gasteiger partial charge < -0.3 is 14.7 Å². The lowest BCUT2D eigenvalue weighted by Gasteiger charge is -2.16. The van der Waals surface area contributed by atoms with Crippen LogP contribution in [0.1, 0.15) is 12.0 Å². The molecule has 0 spiro atoms. The maximum Gasteiger partial charge on any atom is 0.248 e. The second-order valence-corrected chi connectivity index (χ2v) is 3.87. The Labute approximate surface area is 102 Å². The quantitative estimate of drug-likeness (QED) is 0.771. The molecule has 0 fully saturated rings. The van der Waals surface area contributed by atoms with Crippen LogP contribution in [0.15, 0.2) is 30.3 Å². The van der Waals surface area contributed by atoms with Crippen molar-refractivity contribution in [1.82, 2.24) is 4.90 Å². The Morgan fingerprint density at radius 3 is 2.71 bits per heavy atom. The predicted molar refractivity (Wildman–Crippen MR) is 65.4 cm³/mol. The molecule has 1 rings (SSSR count). The minimum absolute atomic E-state index is 0.0608. The zero-order chi connectivity index (χ0) is 12.5. The van der Waals surface area contributed by atoms with Gasteiger partial charge in [-0.25, -0.2) is 0 Å². The highest BCUT2D eigenvalue weighted by atomic mass is 16.5. The largest absolute Gasteiger partial charge is 0.396 e. The van der Waals surface area contributed by atoms with E-state index in [1.165, 1.54) is 0 Å². The van der Waals surface area contributed by atoms with Gasteiger partial charge in [0, 0.05) is 20.2 Å². The van der Waals surface area contributed by atoms with E-state index in [0.717, 1.165) is 5.56 Å². The number of carbonyl (C=O) groups is 1. The van der Waals surface area contributed by atoms with E-state index in [4.69, 9.17) is 9.84 Å². The number of aliphatic hydroxyl groups is 1. The van der Waals surface area contributed by atoms with E-state index in [1.54, 1.807) is 11.9 Å². The summed E-state index contributed by atoms with van der Waals surface area (Å²) >= 11 is 0. The van der Waals surface area contributed by atoms with Gasteiger partial charge in [0.2, 0.25) is 5.91 Å². The molecule has 1 aromatic rings. The van der Waals surface area contributed by atoms with Crippen LogP contribution in [0.25, 0.3) is 0 Å². The Balaban J connectivity index is 2.20. The highest BCUT2D eigenvalue weighted by molar-refractivity contribution is 5.77. The third-order valence-corrected chi connectivity index (χ3v) is 2.41. The van der Waals surface area contributed by atoms with Crippen LogP contribution in [0.2, 0.25) is 0 Å². The maximum atomic E-state index is 11.6. The number of benzene rings is 1. The molecule has 4 heteroatoms. The third kappa shape index (κ3) is 5.47. The minimum atomic E-state index is -0.0608. The number of hydrogen-bond acceptors (Lipinski definition) is 3. The van der Waals surface area contributed by atoms with Crippen molar-refractivity contribution in [1.29, 1.82) is 0 Å². The first-order valence-electron chi connectivity index (χ1n) is 5.70. The molecule has 0 radical (unpaired) electrons. The van der Waals surface area contributed by atoms with Crippen LogP contribution in [-0.2, 0) is 16.1 Å². The van der Waals surface area contributed by atoms with E-state index in [0.29, 0.717) is 19.6 Å². The smallest absolute Gasteiger partial charge is 0.248 e. The van der Waals surface area contributed by atoms with Gasteiger partial charge in [0.1, 0.15) is 6.61 Å². The Morgan fingerprint density at radius 1 is 1.35 bits per heavy atom. The first-order valence-corrected chi connectivity index (χ1v) is 5.70. The van der Waals surface area contributed by atoms with Gasteiger partial charge in [-0.3, -0.25) is 4.79 Å². The predicted octanol–water partition coefficient (Wildman–Crippen LogP) is 1.04. The van der Waals surface area contributed by atoms with Crippen LogP contribution in [0.3, 0.4) is 0 Å². The average molecular weight is 237 g/mol. The number of aliphatic hydroxyl groups excluding tert-OH is 1. The summed E-state index contributed by atoms with van der Waals surface area (Å²) in [6.07, 6.45) is 0.598. The molecule has 1 N–H and O–H groups in total. The van der Waals surface area contributed by atoms with Crippen molar-refractivity contribution < 1.29 is 14.6 Å². The summed E-state index contributed by atoms with van der Waals surface area (Å²) in [5.41, 5.74) is 1.05. The number of hydrogen-bond donors (Lipinski definition) is 1. The lowest BCUT2D eigenvalue weighted by atomic mass is 10.2. The number of likely N-dealkylation sites (N-methyl/N-ethyl adjacent to an activating group) is 1. The molecule has 0 aliphatic carbocycles. The highest BCUT2D eigenvalue weighted by Gasteiger charge is 2.07. The van der Waals surface area contributed by atoms with E-state index < -0.39 is 0 Å². The molecule has 94 valence electrons. The SMILES string of the molecule is CN(CCCO)C(=O)COCc1ccccc1. The summed E-state index contributed by atoms with van der Waals surface area (Å²) in [6, 6.07) is 9.74. The zero-order valence-electron chi connectivity index (χ0n) is 10.1. The van der Waals surface area contributed by atoms with Gasteiger partial charge in [0.05, 0.1) is 6.61 Å². The Hall–Kier alpha value is -1.39. The molecule has 0 bridgehead atoms. The van der Waals surface area contributed by atoms with Crippen molar-refractivity contribution in [3.63, 3.8) is 0 Å². The van der Waals surface area contributed by atoms with Crippen LogP contribution in [0.4, 0.5) is 0 Å². The van der Waals surface area contributed by atoms with Crippen LogP contribution < -0.4 is 0 Å². The second-order valence-electron chi connectivity index (χ2n) is 3.87. The fourth-order valence-corrected chi connectivity index (χ4v) is 1.37. The highest BCUT2D eigenvalue weighted by Crippen LogP contribution is 2.00. The van der Waals surface area contributed by atoms with Gasteiger partial charge in [-0.2, -0.15) is 0 Å². The molecular formula is C13H19NO3. The summed E-state index contributed by atoms with van der Waals surface area (Å²) in [4.78, 5) is 13.1. The topological polar surface area (TPSA) is 49.8 Å². The summed E-state index contributed by atoms with van der Waals surface area (Å²) in [6.45, 7) is 1.18. The second kappa shape index (κ2) is 7.81. The van der Waals surface area contributed by atoms with Gasteiger partial charge >= 0.3 is 0 Å². The maximum absolute atomic E-state index is 11.6. The third-order valence-electron chi connectivity index (χ3n) is 2.41. The van der Waals surface area contributed by atoms with Crippen molar-refractivity contribution in [3.8, 4) is 0 Å². The number of rotatable bonds is 7. The van der Waals surface area contributed by atoms with Crippen molar-refractivity contribution >= 4 is 5.91 Å². The number of nitrogens with zero attached hydrogens (tertiary/aromatic N) is 1. The van der Waals surface area contributed by atoms with Gasteiger partial charge in [-0.05, 0) is 12.0 Å². The van der Waals surface area contributed by atoms with Gasteiger partial charge in [0.15, 0.2) is 0 Å². The molecule has 0 unspecified atom stereocenters. The Bertz CT molecular complexity index is 327. The zero-order valence-corrected chi connectivity index (χ0v) is 10.1. The fraction of sp³-hybridized carbons (Fsp3) is 0.462. The fourth-order valence-electron chi connectivity index (χ4n) is 1.37. The molecule has 0 aliphatic heterocycles. The molecule has 4 nitrogen and oxygen atoms in total. The summed E-state index contributed by atoms with van der Waals surface area (Å²) in [5, 5.41) is 8.65.